The van der Waals surface area contributed by atoms with Crippen molar-refractivity contribution in [3.8, 4) is 0 Å². The molecule has 0 amide bonds. The summed E-state index contributed by atoms with van der Waals surface area (Å²) < 4.78 is 4.93. The molecule has 3 aromatic rings. The number of aryl methyl sites for hydroxylation is 2. The second-order valence-electron chi connectivity index (χ2n) is 8.60. The predicted molar refractivity (Wildman–Crippen MR) is 121 cm³/mol. The van der Waals surface area contributed by atoms with E-state index in [1.54, 1.807) is 7.05 Å². The number of rotatable bonds is 6. The largest absolute Gasteiger partial charge is 0.332 e. The number of benzene rings is 1. The van der Waals surface area contributed by atoms with Crippen molar-refractivity contribution in [2.24, 2.45) is 13.0 Å². The fraction of sp³-hybridized carbons (Fsp3) is 0.522. The number of hydrogen-bond donors (Lipinski definition) is 0. The van der Waals surface area contributed by atoms with Crippen molar-refractivity contribution in [3.63, 3.8) is 0 Å². The summed E-state index contributed by atoms with van der Waals surface area (Å²) in [4.78, 5) is 33.2. The van der Waals surface area contributed by atoms with E-state index < -0.39 is 0 Å². The van der Waals surface area contributed by atoms with Crippen molar-refractivity contribution >= 4 is 22.8 Å². The first-order valence-corrected chi connectivity index (χ1v) is 11.0. The molecule has 0 saturated carbocycles. The number of nitrogens with zero attached hydrogens (tertiary/aromatic N) is 5. The lowest BCUT2D eigenvalue weighted by Gasteiger charge is -2.33. The van der Waals surface area contributed by atoms with Crippen LogP contribution < -0.4 is 16.1 Å². The van der Waals surface area contributed by atoms with Crippen LogP contribution in [0.5, 0.6) is 0 Å². The quantitative estimate of drug-likeness (QED) is 0.584. The average molecular weight is 410 g/mol. The van der Waals surface area contributed by atoms with Gasteiger partial charge in [0.1, 0.15) is 0 Å². The fourth-order valence-electron chi connectivity index (χ4n) is 4.34. The highest BCUT2D eigenvalue weighted by Crippen LogP contribution is 2.32. The Labute approximate surface area is 176 Å². The lowest BCUT2D eigenvalue weighted by atomic mass is 10.1. The van der Waals surface area contributed by atoms with E-state index in [4.69, 9.17) is 4.98 Å². The first-order valence-electron chi connectivity index (χ1n) is 11.0. The third-order valence-corrected chi connectivity index (χ3v) is 6.02. The van der Waals surface area contributed by atoms with Gasteiger partial charge in [-0.3, -0.25) is 13.9 Å². The van der Waals surface area contributed by atoms with Crippen LogP contribution >= 0.6 is 0 Å². The molecule has 7 heteroatoms. The van der Waals surface area contributed by atoms with Gasteiger partial charge in [0.05, 0.1) is 0 Å². The highest BCUT2D eigenvalue weighted by atomic mass is 16.2. The molecule has 0 spiro atoms. The molecular weight excluding hydrogens is 378 g/mol. The van der Waals surface area contributed by atoms with Gasteiger partial charge in [-0.2, -0.15) is 4.98 Å². The van der Waals surface area contributed by atoms with Crippen LogP contribution in [0, 0.1) is 12.8 Å². The van der Waals surface area contributed by atoms with E-state index in [9.17, 15) is 9.59 Å². The van der Waals surface area contributed by atoms with E-state index in [0.717, 1.165) is 50.4 Å². The first-order chi connectivity index (χ1) is 14.4. The molecule has 2 aromatic heterocycles. The van der Waals surface area contributed by atoms with Crippen LogP contribution in [0.1, 0.15) is 45.1 Å². The van der Waals surface area contributed by atoms with Crippen molar-refractivity contribution in [2.75, 3.05) is 11.4 Å². The Hall–Kier alpha value is -2.83. The number of anilines is 2. The van der Waals surface area contributed by atoms with Gasteiger partial charge in [-0.15, -0.1) is 0 Å². The number of fused-ring (bicyclic) bond motifs is 3. The smallest absolute Gasteiger partial charge is 0.312 e. The monoisotopic (exact) mass is 409 g/mol. The fourth-order valence-corrected chi connectivity index (χ4v) is 4.34. The summed E-state index contributed by atoms with van der Waals surface area (Å²) >= 11 is 0. The van der Waals surface area contributed by atoms with Crippen LogP contribution in [0.2, 0.25) is 0 Å². The van der Waals surface area contributed by atoms with Crippen molar-refractivity contribution in [1.29, 1.82) is 0 Å². The molecule has 0 N–H and O–H groups in total. The van der Waals surface area contributed by atoms with E-state index in [1.807, 2.05) is 4.57 Å². The van der Waals surface area contributed by atoms with Gasteiger partial charge in [-0.05, 0) is 31.4 Å². The zero-order valence-electron chi connectivity index (χ0n) is 18.4. The van der Waals surface area contributed by atoms with E-state index in [0.29, 0.717) is 23.6 Å². The predicted octanol–water partition coefficient (Wildman–Crippen LogP) is 3.57. The van der Waals surface area contributed by atoms with E-state index >= 15 is 0 Å². The third kappa shape index (κ3) is 3.46. The van der Waals surface area contributed by atoms with Crippen molar-refractivity contribution in [1.82, 2.24) is 18.7 Å². The van der Waals surface area contributed by atoms with Crippen LogP contribution in [0.4, 0.5) is 11.6 Å². The number of unbranched alkanes of at least 4 members (excludes halogenated alkanes) is 3. The van der Waals surface area contributed by atoms with Crippen LogP contribution in [0.3, 0.4) is 0 Å². The Morgan fingerprint density at radius 2 is 1.80 bits per heavy atom. The van der Waals surface area contributed by atoms with Gasteiger partial charge in [0.2, 0.25) is 5.95 Å². The van der Waals surface area contributed by atoms with Gasteiger partial charge in [0.15, 0.2) is 11.2 Å². The summed E-state index contributed by atoms with van der Waals surface area (Å²) in [7, 11) is 1.71. The maximum Gasteiger partial charge on any atom is 0.332 e. The molecule has 1 atom stereocenters. The molecule has 0 bridgehead atoms. The highest BCUT2D eigenvalue weighted by Gasteiger charge is 2.29. The molecule has 1 aromatic carbocycles. The van der Waals surface area contributed by atoms with Gasteiger partial charge in [0, 0.05) is 32.4 Å². The molecule has 0 unspecified atom stereocenters. The van der Waals surface area contributed by atoms with Crippen LogP contribution in [-0.4, -0.2) is 25.2 Å². The van der Waals surface area contributed by atoms with E-state index in [-0.39, 0.29) is 11.2 Å². The molecule has 0 radical (unpaired) electrons. The lowest BCUT2D eigenvalue weighted by molar-refractivity contribution is 0.457. The molecule has 160 valence electrons. The average Bonchev–Trinajstić information content (AvgIpc) is 3.11. The lowest BCUT2D eigenvalue weighted by Crippen LogP contribution is -2.40. The van der Waals surface area contributed by atoms with Gasteiger partial charge < -0.3 is 9.47 Å². The van der Waals surface area contributed by atoms with Gasteiger partial charge >= 0.3 is 5.69 Å². The Kier molecular flexibility index (Phi) is 5.54. The Balaban J connectivity index is 1.86. The summed E-state index contributed by atoms with van der Waals surface area (Å²) in [5.74, 6) is 1.09. The van der Waals surface area contributed by atoms with Crippen LogP contribution in [0.25, 0.3) is 11.2 Å². The van der Waals surface area contributed by atoms with Crippen LogP contribution in [0.15, 0.2) is 33.9 Å². The zero-order chi connectivity index (χ0) is 21.4. The number of aromatic nitrogens is 4. The Morgan fingerprint density at radius 1 is 1.07 bits per heavy atom. The molecule has 30 heavy (non-hydrogen) atoms. The maximum absolute atomic E-state index is 13.4. The van der Waals surface area contributed by atoms with Gasteiger partial charge in [0.25, 0.3) is 5.56 Å². The number of imidazole rings is 1. The van der Waals surface area contributed by atoms with Crippen molar-refractivity contribution in [2.45, 2.75) is 59.5 Å². The summed E-state index contributed by atoms with van der Waals surface area (Å²) in [5.41, 5.74) is 2.75. The van der Waals surface area contributed by atoms with Gasteiger partial charge in [-0.25, -0.2) is 4.79 Å². The van der Waals surface area contributed by atoms with Crippen LogP contribution in [-0.2, 0) is 20.1 Å². The van der Waals surface area contributed by atoms with Gasteiger partial charge in [-0.1, -0.05) is 50.8 Å². The van der Waals surface area contributed by atoms with E-state index in [2.05, 4.69) is 49.9 Å². The minimum atomic E-state index is -0.283. The SMILES string of the molecule is CCCCCCn1c(=O)c2c(nc3n2C[C@H](C)CN3c2ccc(C)cc2)n(C)c1=O. The van der Waals surface area contributed by atoms with Crippen molar-refractivity contribution < 1.29 is 0 Å². The molecule has 0 saturated heterocycles. The number of hydrogen-bond acceptors (Lipinski definition) is 4. The highest BCUT2D eigenvalue weighted by molar-refractivity contribution is 5.77. The normalized spacial score (nSPS) is 16.3. The standard InChI is InChI=1S/C23H31N5O2/c1-5-6-7-8-13-26-21(29)19-20(25(4)23(26)30)24-22-27(14-17(3)15-28(19)22)18-11-9-16(2)10-12-18/h9-12,17H,5-8,13-15H2,1-4H3/t17-/m1/s1. The minimum Gasteiger partial charge on any atom is -0.312 e. The Bertz CT molecular complexity index is 1170. The molecule has 0 aliphatic carbocycles. The van der Waals surface area contributed by atoms with E-state index in [1.165, 1.54) is 14.7 Å². The molecule has 3 heterocycles. The summed E-state index contributed by atoms with van der Waals surface area (Å²) in [6, 6.07) is 8.34. The molecule has 1 aliphatic rings. The molecular formula is C23H31N5O2. The molecule has 1 aliphatic heterocycles. The Morgan fingerprint density at radius 3 is 2.50 bits per heavy atom. The zero-order valence-corrected chi connectivity index (χ0v) is 18.4. The minimum absolute atomic E-state index is 0.221. The van der Waals surface area contributed by atoms with Crippen molar-refractivity contribution in [3.05, 3.63) is 50.7 Å². The second-order valence-corrected chi connectivity index (χ2v) is 8.60. The summed E-state index contributed by atoms with van der Waals surface area (Å²) in [5, 5.41) is 0. The topological polar surface area (TPSA) is 65.1 Å². The molecule has 7 nitrogen and oxygen atoms in total. The summed E-state index contributed by atoms with van der Waals surface area (Å²) in [6.45, 7) is 8.40. The summed E-state index contributed by atoms with van der Waals surface area (Å²) in [6.07, 6.45) is 4.09. The molecule has 4 rings (SSSR count). The molecule has 0 fully saturated rings. The maximum atomic E-state index is 13.4. The first kappa shape index (κ1) is 20.4. The third-order valence-electron chi connectivity index (χ3n) is 6.02. The second kappa shape index (κ2) is 8.13.